The lowest BCUT2D eigenvalue weighted by molar-refractivity contribution is -0.804. The van der Waals surface area contributed by atoms with Crippen LogP contribution in [0.3, 0.4) is 0 Å². The molecule has 0 aliphatic heterocycles. The minimum absolute atomic E-state index is 0.383. The summed E-state index contributed by atoms with van der Waals surface area (Å²) in [6.07, 6.45) is 6.05. The van der Waals surface area contributed by atoms with Crippen LogP contribution in [0.2, 0.25) is 0 Å². The number of aryl methyl sites for hydroxylation is 3. The minimum Gasteiger partial charge on any atom is -0.493 e. The third-order valence-corrected chi connectivity index (χ3v) is 25.4. The predicted molar refractivity (Wildman–Crippen MR) is 605 cm³/mol. The lowest BCUT2D eigenvalue weighted by atomic mass is 9.95. The molecule has 6 heterocycles. The molecule has 0 fully saturated rings. The fourth-order valence-corrected chi connectivity index (χ4v) is 17.9. The Morgan fingerprint density at radius 3 is 0.785 bits per heavy atom. The van der Waals surface area contributed by atoms with Gasteiger partial charge in [0, 0.05) is 60.9 Å². The van der Waals surface area contributed by atoms with E-state index in [1.807, 2.05) is 121 Å². The fraction of sp³-hybridized carbons (Fsp3) is 0.410. The van der Waals surface area contributed by atoms with Crippen molar-refractivity contribution in [3.63, 3.8) is 0 Å². The van der Waals surface area contributed by atoms with Crippen LogP contribution in [0.15, 0.2) is 218 Å². The average Bonchev–Trinajstić information content (AvgIpc) is 1.58. The van der Waals surface area contributed by atoms with Crippen LogP contribution in [0.5, 0.6) is 46.0 Å². The molecule has 0 unspecified atom stereocenters. The highest BCUT2D eigenvalue weighted by molar-refractivity contribution is 9.09. The molecule has 2 N–H and O–H groups in total. The lowest BCUT2D eigenvalue weighted by Gasteiger charge is -2.12. The molecular formula is C122H148BrN18O8+. The summed E-state index contributed by atoms with van der Waals surface area (Å²) < 4.78 is 47.8. The van der Waals surface area contributed by atoms with Gasteiger partial charge in [-0.15, -0.1) is 15.3 Å². The Kier molecular flexibility index (Phi) is 36.7. The third-order valence-electron chi connectivity index (χ3n) is 24.8. The predicted octanol–water partition coefficient (Wildman–Crippen LogP) is 28.8. The Hall–Kier alpha value is -14.1. The molecule has 26 nitrogen and oxygen atoms in total. The van der Waals surface area contributed by atoms with Crippen molar-refractivity contribution < 1.29 is 42.7 Å². The van der Waals surface area contributed by atoms with E-state index in [0.29, 0.717) is 125 Å². The summed E-state index contributed by atoms with van der Waals surface area (Å²) in [5.74, 6) is 11.3. The summed E-state index contributed by atoms with van der Waals surface area (Å²) in [6.45, 7) is 52.2. The van der Waals surface area contributed by atoms with E-state index >= 15 is 0 Å². The van der Waals surface area contributed by atoms with Gasteiger partial charge in [0.15, 0.2) is 5.52 Å². The number of nitrogens with zero attached hydrogens (tertiary/aromatic N) is 16. The van der Waals surface area contributed by atoms with Gasteiger partial charge >= 0.3 is 0 Å². The van der Waals surface area contributed by atoms with E-state index in [-0.39, 0.29) is 0 Å². The Morgan fingerprint density at radius 1 is 0.248 bits per heavy atom. The molecule has 0 amide bonds. The standard InChI is InChI=1S/C61H74N9O4.C31H38BrN3O2.C30H36N6O2/c1-39(2)34-70-66-60-54(46-18-26-50(27-19-46)73-37-42(7)8)58-59(55(61(60)67-70)47-20-28-51(29-21-47)74-38-43(9)10)65-69(64-58)33-13-11-12-32-68-62-56-52(44-14-22-48(23-15-44)71-35-40(3)4)30-31-53(57(56)63-68)45-16-24-49(25-17-45)72-36-41(5)6;1-22(2)20-36-26-12-8-24(9-13-26)28-16-17-29(25-10-14-27(15-11-25)37-21-23(3)4)31-30(28)33-35(34-31)19-7-5-6-18-32;1-18(2)15-36-33-29-25(21-7-11-23(12-8-21)37-16-19(3)4)27-28(32-35-31-27)26(30(29)34-36)22-9-13-24(14-10-22)38-17-20(5)6/h14-31,39-43H,11-13,32-38H2,1-10H3,(H,66,67);8-17,22-23H,5-7,18-21H2,1-4H3;7-14,18-20,33H,15-17H2,1-6H3/q+1;;. The molecule has 0 atom stereocenters. The van der Waals surface area contributed by atoms with Crippen molar-refractivity contribution in [1.29, 1.82) is 0 Å². The molecule has 0 aliphatic carbocycles. The number of hydrogen-bond donors (Lipinski definition) is 2. The van der Waals surface area contributed by atoms with Crippen LogP contribution >= 0.6 is 15.9 Å². The lowest BCUT2D eigenvalue weighted by Crippen LogP contribution is -2.41. The van der Waals surface area contributed by atoms with Gasteiger partial charge < -0.3 is 37.9 Å². The summed E-state index contributed by atoms with van der Waals surface area (Å²) in [5, 5.41) is 62.4. The first-order chi connectivity index (χ1) is 72.0. The first-order valence-corrected chi connectivity index (χ1v) is 54.6. The highest BCUT2D eigenvalue weighted by atomic mass is 79.9. The van der Waals surface area contributed by atoms with E-state index < -0.39 is 0 Å². The number of nitrogens with one attached hydrogen (secondary N) is 2. The first kappa shape index (κ1) is 108. The topological polar surface area (TPSA) is 271 Å². The molecule has 0 radical (unpaired) electrons. The Bertz CT molecular complexity index is 6950. The van der Waals surface area contributed by atoms with Crippen LogP contribution in [0, 0.1) is 59.2 Å². The molecular weight excluding hydrogens is 1930 g/mol. The number of unbranched alkanes of at least 4 members (excludes halogenated alkanes) is 4. The van der Waals surface area contributed by atoms with Gasteiger partial charge in [-0.2, -0.15) is 50.1 Å². The molecule has 780 valence electrons. The van der Waals surface area contributed by atoms with Crippen molar-refractivity contribution in [3.05, 3.63) is 218 Å². The zero-order valence-corrected chi connectivity index (χ0v) is 92.1. The SMILES string of the molecule is CC(C)COc1ccc(-c2c3nnnc3c(-c3ccc(OCC(C)C)cc3)c3[nH]n(CC(C)C)nc23)cc1.CC(C)COc1ccc(-c2ccc(-c3ccc(OCC(C)C)cc3)c3nn(CCCCCBr)nc23)cc1.CC(C)COc1ccc(-c2ccc(-c3ccc(OCC(C)C)cc3)c3nn(CCCCCn4nc5c(-c6ccc(OCC(C)C)cc6)c6n[n+](CC(C)C)[nH]c6c(-c6ccc(OCC(C)C)cc6)c5n4)nc23)cc1. The van der Waals surface area contributed by atoms with E-state index in [4.69, 9.17) is 78.7 Å². The van der Waals surface area contributed by atoms with Gasteiger partial charge in [0.2, 0.25) is 6.54 Å². The maximum Gasteiger partial charge on any atom is 0.203 e. The van der Waals surface area contributed by atoms with Crippen LogP contribution in [0.1, 0.15) is 177 Å². The molecule has 0 saturated heterocycles. The van der Waals surface area contributed by atoms with E-state index in [0.717, 1.165) is 265 Å². The summed E-state index contributed by atoms with van der Waals surface area (Å²) in [5.41, 5.74) is 26.5. The minimum atomic E-state index is 0.383. The highest BCUT2D eigenvalue weighted by Gasteiger charge is 2.31. The van der Waals surface area contributed by atoms with Crippen molar-refractivity contribution >= 4 is 82.1 Å². The van der Waals surface area contributed by atoms with Crippen molar-refractivity contribution in [2.24, 2.45) is 59.2 Å². The third kappa shape index (κ3) is 28.1. The molecule has 0 aliphatic rings. The number of fused-ring (bicyclic) bond motifs is 6. The van der Waals surface area contributed by atoms with Crippen LogP contribution < -0.4 is 42.7 Å². The van der Waals surface area contributed by atoms with Crippen LogP contribution in [0.4, 0.5) is 0 Å². The largest absolute Gasteiger partial charge is 0.493 e. The number of ether oxygens (including phenoxy) is 8. The second kappa shape index (κ2) is 50.8. The Morgan fingerprint density at radius 2 is 0.503 bits per heavy atom. The summed E-state index contributed by atoms with van der Waals surface area (Å²) >= 11 is 3.52. The van der Waals surface area contributed by atoms with E-state index in [1.54, 1.807) is 0 Å². The Balaban J connectivity index is 0.000000176. The van der Waals surface area contributed by atoms with Gasteiger partial charge in [-0.3, -0.25) is 5.10 Å². The van der Waals surface area contributed by atoms with Gasteiger partial charge in [-0.05, 0) is 237 Å². The molecule has 12 aromatic carbocycles. The van der Waals surface area contributed by atoms with Crippen molar-refractivity contribution in [2.75, 3.05) is 58.2 Å². The molecule has 6 aromatic heterocycles. The number of alkyl halides is 1. The summed E-state index contributed by atoms with van der Waals surface area (Å²) in [7, 11) is 0. The van der Waals surface area contributed by atoms with E-state index in [9.17, 15) is 0 Å². The van der Waals surface area contributed by atoms with Gasteiger partial charge in [0.25, 0.3) is 0 Å². The maximum atomic E-state index is 6.10. The average molecular weight is 2070 g/mol. The molecule has 27 heteroatoms. The molecule has 0 saturated carbocycles. The Labute approximate surface area is 885 Å². The second-order valence-electron chi connectivity index (χ2n) is 43.3. The van der Waals surface area contributed by atoms with Crippen LogP contribution in [-0.2, 0) is 32.7 Å². The zero-order chi connectivity index (χ0) is 105. The number of hydrogen-bond acceptors (Lipinski definition) is 19. The first-order valence-electron chi connectivity index (χ1n) is 53.5. The fourth-order valence-electron chi connectivity index (χ4n) is 17.5. The molecule has 18 rings (SSSR count). The smallest absolute Gasteiger partial charge is 0.203 e. The van der Waals surface area contributed by atoms with Crippen molar-refractivity contribution in [2.45, 2.75) is 210 Å². The number of benzene rings is 12. The number of aromatic amines is 2. The van der Waals surface area contributed by atoms with Crippen LogP contribution in [0.25, 0.3) is 155 Å². The zero-order valence-electron chi connectivity index (χ0n) is 90.5. The number of aromatic nitrogens is 18. The number of rotatable bonds is 47. The number of halogens is 1. The molecule has 18 aromatic rings. The summed E-state index contributed by atoms with van der Waals surface area (Å²) in [4.78, 5) is 9.48. The number of H-pyrrole nitrogens is 2. The highest BCUT2D eigenvalue weighted by Crippen LogP contribution is 2.46. The van der Waals surface area contributed by atoms with Gasteiger partial charge in [-0.1, -0.05) is 282 Å². The van der Waals surface area contributed by atoms with Crippen molar-refractivity contribution in [3.8, 4) is 135 Å². The second-order valence-corrected chi connectivity index (χ2v) is 44.0. The maximum absolute atomic E-state index is 6.10. The molecule has 0 spiro atoms. The van der Waals surface area contributed by atoms with Gasteiger partial charge in [0.1, 0.15) is 101 Å². The van der Waals surface area contributed by atoms with E-state index in [2.05, 4.69) is 301 Å². The van der Waals surface area contributed by atoms with Crippen LogP contribution in [-0.4, -0.2) is 144 Å². The normalized spacial score (nSPS) is 11.9. The molecule has 0 bridgehead atoms. The monoisotopic (exact) mass is 2070 g/mol. The quantitative estimate of drug-likeness (QED) is 0.0204. The van der Waals surface area contributed by atoms with Crippen molar-refractivity contribution in [1.82, 2.24) is 85.6 Å². The van der Waals surface area contributed by atoms with Gasteiger partial charge in [-0.25, -0.2) is 4.80 Å². The van der Waals surface area contributed by atoms with E-state index in [1.165, 1.54) is 0 Å². The molecule has 149 heavy (non-hydrogen) atoms. The summed E-state index contributed by atoms with van der Waals surface area (Å²) in [6, 6.07) is 74.8. The van der Waals surface area contributed by atoms with Gasteiger partial charge in [0.05, 0.1) is 84.6 Å².